The second-order valence-corrected chi connectivity index (χ2v) is 6.48. The molecule has 11 heteroatoms. The molecule has 4 nitrogen and oxygen atoms in total. The van der Waals surface area contributed by atoms with Crippen LogP contribution in [0.25, 0.3) is 0 Å². The largest absolute Gasteiger partial charge is 0.406 e. The molecular formula is C10H7ClF5NO3S. The van der Waals surface area contributed by atoms with Crippen molar-refractivity contribution < 1.29 is 35.2 Å². The molecular weight excluding hydrogens is 345 g/mol. The average molecular weight is 352 g/mol. The number of hydrogen-bond donors (Lipinski definition) is 0. The third-order valence-corrected chi connectivity index (χ3v) is 3.63. The molecule has 0 bridgehead atoms. The topological polar surface area (TPSA) is 54.5 Å². The molecule has 0 aromatic heterocycles. The SMILES string of the molecule is CN(CC(F)(F)F)C(=O)c1c(F)ccc(S(=O)(=O)Cl)c1F. The van der Waals surface area contributed by atoms with Crippen molar-refractivity contribution in [1.82, 2.24) is 4.90 Å². The Hall–Kier alpha value is -1.42. The van der Waals surface area contributed by atoms with Gasteiger partial charge in [-0.15, -0.1) is 0 Å². The molecule has 0 fully saturated rings. The molecule has 0 atom stereocenters. The smallest absolute Gasteiger partial charge is 0.332 e. The molecule has 1 aromatic carbocycles. The van der Waals surface area contributed by atoms with Crippen molar-refractivity contribution in [2.24, 2.45) is 0 Å². The highest BCUT2D eigenvalue weighted by molar-refractivity contribution is 8.13. The van der Waals surface area contributed by atoms with E-state index in [2.05, 4.69) is 0 Å². The van der Waals surface area contributed by atoms with Crippen molar-refractivity contribution in [1.29, 1.82) is 0 Å². The van der Waals surface area contributed by atoms with Gasteiger partial charge in [0.1, 0.15) is 22.8 Å². The minimum atomic E-state index is -4.78. The van der Waals surface area contributed by atoms with Crippen LogP contribution in [0.3, 0.4) is 0 Å². The van der Waals surface area contributed by atoms with Crippen molar-refractivity contribution in [2.75, 3.05) is 13.6 Å². The molecule has 0 aliphatic rings. The lowest BCUT2D eigenvalue weighted by molar-refractivity contribution is -0.138. The van der Waals surface area contributed by atoms with Gasteiger partial charge in [-0.3, -0.25) is 4.79 Å². The predicted molar refractivity (Wildman–Crippen MR) is 62.4 cm³/mol. The van der Waals surface area contributed by atoms with E-state index in [9.17, 15) is 35.2 Å². The number of carbonyl (C=O) groups is 1. The van der Waals surface area contributed by atoms with E-state index in [0.717, 1.165) is 0 Å². The third kappa shape index (κ3) is 4.27. The monoisotopic (exact) mass is 351 g/mol. The Labute approximate surface area is 120 Å². The van der Waals surface area contributed by atoms with Crippen molar-refractivity contribution >= 4 is 25.6 Å². The number of rotatable bonds is 3. The zero-order chi connectivity index (χ0) is 16.6. The summed E-state index contributed by atoms with van der Waals surface area (Å²) in [6.07, 6.45) is -4.78. The van der Waals surface area contributed by atoms with Crippen LogP contribution in [-0.2, 0) is 9.05 Å². The molecule has 1 rings (SSSR count). The summed E-state index contributed by atoms with van der Waals surface area (Å²) in [5, 5.41) is 0. The number of amides is 1. The molecule has 0 aliphatic heterocycles. The van der Waals surface area contributed by atoms with Gasteiger partial charge >= 0.3 is 6.18 Å². The zero-order valence-corrected chi connectivity index (χ0v) is 11.8. The number of benzene rings is 1. The first kappa shape index (κ1) is 17.6. The molecule has 1 aromatic rings. The van der Waals surface area contributed by atoms with Crippen molar-refractivity contribution in [3.05, 3.63) is 29.3 Å². The summed E-state index contributed by atoms with van der Waals surface area (Å²) in [5.41, 5.74) is -1.43. The van der Waals surface area contributed by atoms with Crippen molar-refractivity contribution in [3.8, 4) is 0 Å². The molecule has 0 N–H and O–H groups in total. The Bertz CT molecular complexity index is 674. The Balaban J connectivity index is 3.34. The van der Waals surface area contributed by atoms with Gasteiger partial charge in [-0.2, -0.15) is 13.2 Å². The number of alkyl halides is 3. The quantitative estimate of drug-likeness (QED) is 0.621. The minimum absolute atomic E-state index is 0.00608. The summed E-state index contributed by atoms with van der Waals surface area (Å²) >= 11 is 0. The maximum Gasteiger partial charge on any atom is 0.406 e. The summed E-state index contributed by atoms with van der Waals surface area (Å²) in [4.78, 5) is 10.5. The van der Waals surface area contributed by atoms with Crippen LogP contribution in [0.1, 0.15) is 10.4 Å². The number of halogens is 6. The molecule has 0 radical (unpaired) electrons. The van der Waals surface area contributed by atoms with E-state index >= 15 is 0 Å². The Kier molecular flexibility index (Phi) is 4.83. The highest BCUT2D eigenvalue weighted by Gasteiger charge is 2.34. The molecule has 0 saturated carbocycles. The highest BCUT2D eigenvalue weighted by atomic mass is 35.7. The number of hydrogen-bond acceptors (Lipinski definition) is 3. The molecule has 118 valence electrons. The Morgan fingerprint density at radius 3 is 2.24 bits per heavy atom. The van der Waals surface area contributed by atoms with Crippen molar-refractivity contribution in [3.63, 3.8) is 0 Å². The average Bonchev–Trinajstić information content (AvgIpc) is 2.24. The van der Waals surface area contributed by atoms with Gasteiger partial charge in [0.2, 0.25) is 0 Å². The van der Waals surface area contributed by atoms with Gasteiger partial charge in [0.25, 0.3) is 15.0 Å². The maximum atomic E-state index is 13.8. The zero-order valence-electron chi connectivity index (χ0n) is 10.2. The van der Waals surface area contributed by atoms with Gasteiger partial charge in [-0.25, -0.2) is 17.2 Å². The fourth-order valence-electron chi connectivity index (χ4n) is 1.45. The Morgan fingerprint density at radius 2 is 1.81 bits per heavy atom. The molecule has 1 amide bonds. The lowest BCUT2D eigenvalue weighted by Crippen LogP contribution is -2.36. The first-order chi connectivity index (χ1) is 9.34. The van der Waals surface area contributed by atoms with E-state index in [1.165, 1.54) is 0 Å². The first-order valence-electron chi connectivity index (χ1n) is 5.09. The lowest BCUT2D eigenvalue weighted by Gasteiger charge is -2.19. The van der Waals surface area contributed by atoms with Gasteiger partial charge in [-0.1, -0.05) is 0 Å². The van der Waals surface area contributed by atoms with Gasteiger partial charge < -0.3 is 4.90 Å². The molecule has 0 heterocycles. The third-order valence-electron chi connectivity index (χ3n) is 2.30. The van der Waals surface area contributed by atoms with Crippen LogP contribution in [0.15, 0.2) is 17.0 Å². The van der Waals surface area contributed by atoms with Gasteiger partial charge in [0.15, 0.2) is 5.82 Å². The normalized spacial score (nSPS) is 12.3. The van der Waals surface area contributed by atoms with Crippen LogP contribution in [0.2, 0.25) is 0 Å². The summed E-state index contributed by atoms with van der Waals surface area (Å²) in [6.45, 7) is -1.76. The highest BCUT2D eigenvalue weighted by Crippen LogP contribution is 2.25. The summed E-state index contributed by atoms with van der Waals surface area (Å²) in [6, 6.07) is 0.889. The van der Waals surface area contributed by atoms with E-state index in [4.69, 9.17) is 10.7 Å². The fraction of sp³-hybridized carbons (Fsp3) is 0.300. The maximum absolute atomic E-state index is 13.8. The van der Waals surface area contributed by atoms with E-state index < -0.39 is 49.8 Å². The van der Waals surface area contributed by atoms with Gasteiger partial charge in [-0.05, 0) is 12.1 Å². The van der Waals surface area contributed by atoms with Crippen LogP contribution in [-0.4, -0.2) is 39.0 Å². The van der Waals surface area contributed by atoms with Gasteiger partial charge in [0.05, 0.1) is 0 Å². The minimum Gasteiger partial charge on any atom is -0.332 e. The number of nitrogens with zero attached hydrogens (tertiary/aromatic N) is 1. The number of carbonyl (C=O) groups excluding carboxylic acids is 1. The first-order valence-corrected chi connectivity index (χ1v) is 7.40. The standard InChI is InChI=1S/C10H7ClF5NO3S/c1-17(4-10(14,15)16)9(18)7-5(12)2-3-6(8(7)13)21(11,19)20/h2-3H,4H2,1H3. The summed E-state index contributed by atoms with van der Waals surface area (Å²) in [7, 11) is 0.918. The van der Waals surface area contributed by atoms with E-state index in [1.54, 1.807) is 0 Å². The Morgan fingerprint density at radius 1 is 1.29 bits per heavy atom. The van der Waals surface area contributed by atoms with Crippen LogP contribution in [0.5, 0.6) is 0 Å². The fourth-order valence-corrected chi connectivity index (χ4v) is 2.35. The second-order valence-electron chi connectivity index (χ2n) is 3.95. The van der Waals surface area contributed by atoms with E-state index in [0.29, 0.717) is 19.2 Å². The molecule has 0 spiro atoms. The van der Waals surface area contributed by atoms with Crippen LogP contribution in [0.4, 0.5) is 22.0 Å². The summed E-state index contributed by atoms with van der Waals surface area (Å²) in [5.74, 6) is -5.01. The predicted octanol–water partition coefficient (Wildman–Crippen LogP) is 2.53. The van der Waals surface area contributed by atoms with Crippen LogP contribution >= 0.6 is 10.7 Å². The van der Waals surface area contributed by atoms with Crippen LogP contribution < -0.4 is 0 Å². The van der Waals surface area contributed by atoms with E-state index in [1.807, 2.05) is 0 Å². The molecule has 0 saturated heterocycles. The van der Waals surface area contributed by atoms with Crippen molar-refractivity contribution in [2.45, 2.75) is 11.1 Å². The second kappa shape index (κ2) is 5.76. The van der Waals surface area contributed by atoms with E-state index in [-0.39, 0.29) is 4.90 Å². The molecule has 21 heavy (non-hydrogen) atoms. The molecule has 0 unspecified atom stereocenters. The van der Waals surface area contributed by atoms with Gasteiger partial charge in [0, 0.05) is 17.7 Å². The van der Waals surface area contributed by atoms with Crippen LogP contribution in [0, 0.1) is 11.6 Å². The summed E-state index contributed by atoms with van der Waals surface area (Å²) < 4.78 is 85.8. The lowest BCUT2D eigenvalue weighted by atomic mass is 10.1. The molecule has 0 aliphatic carbocycles.